The van der Waals surface area contributed by atoms with Gasteiger partial charge in [0.15, 0.2) is 28.9 Å². The number of nitrogens with two attached hydrogens (primary N) is 1. The summed E-state index contributed by atoms with van der Waals surface area (Å²) in [6.07, 6.45) is 0. The molecule has 1 aromatic carbocycles. The van der Waals surface area contributed by atoms with E-state index < -0.39 is 6.04 Å². The molecule has 0 bridgehead atoms. The predicted octanol–water partition coefficient (Wildman–Crippen LogP) is 1.54. The van der Waals surface area contributed by atoms with Crippen molar-refractivity contribution in [3.8, 4) is 36.4 Å². The van der Waals surface area contributed by atoms with E-state index in [2.05, 4.69) is 31.8 Å². The molecule has 1 aromatic heterocycles. The average molecular weight is 402 g/mol. The monoisotopic (exact) mass is 402 g/mol. The molecule has 0 amide bonds. The standard InChI is InChI=1S/C19H6N12/c1-8(2-20)9(3-21)27-15-14(26)16-18(29-11(5-23)10(4-22)28-16)19-17(15)30-12(6-24)13(7-25)31-19/h11,29H,1,26H2/b27-9-. The quantitative estimate of drug-likeness (QED) is 0.417. The van der Waals surface area contributed by atoms with Crippen molar-refractivity contribution in [3.05, 3.63) is 23.5 Å². The average Bonchev–Trinajstić information content (AvgIpc) is 2.81. The molecular formula is C19H6N12. The van der Waals surface area contributed by atoms with E-state index in [1.54, 1.807) is 30.3 Å². The van der Waals surface area contributed by atoms with Crippen LogP contribution in [0.3, 0.4) is 0 Å². The molecule has 2 heterocycles. The molecule has 12 nitrogen and oxygen atoms in total. The molecule has 0 aliphatic carbocycles. The van der Waals surface area contributed by atoms with Crippen molar-refractivity contribution in [1.82, 2.24) is 9.97 Å². The van der Waals surface area contributed by atoms with E-state index in [4.69, 9.17) is 11.0 Å². The third kappa shape index (κ3) is 3.08. The van der Waals surface area contributed by atoms with Crippen molar-refractivity contribution in [3.63, 3.8) is 0 Å². The Hall–Kier alpha value is -5.82. The summed E-state index contributed by atoms with van der Waals surface area (Å²) >= 11 is 0. The Morgan fingerprint density at radius 1 is 0.968 bits per heavy atom. The first-order valence-electron chi connectivity index (χ1n) is 8.14. The number of nitrogens with zero attached hydrogens (tertiary/aromatic N) is 10. The summed E-state index contributed by atoms with van der Waals surface area (Å²) in [5, 5.41) is 58.4. The van der Waals surface area contributed by atoms with Gasteiger partial charge < -0.3 is 11.1 Å². The normalized spacial score (nSPS) is 14.2. The van der Waals surface area contributed by atoms with Crippen LogP contribution in [0.5, 0.6) is 0 Å². The molecule has 0 radical (unpaired) electrons. The van der Waals surface area contributed by atoms with Crippen LogP contribution >= 0.6 is 0 Å². The fourth-order valence-corrected chi connectivity index (χ4v) is 2.69. The highest BCUT2D eigenvalue weighted by molar-refractivity contribution is 6.20. The third-order valence-electron chi connectivity index (χ3n) is 4.10. The first-order chi connectivity index (χ1) is 14.9. The second-order valence-electron chi connectivity index (χ2n) is 5.81. The number of nitriles is 6. The van der Waals surface area contributed by atoms with Gasteiger partial charge >= 0.3 is 0 Å². The van der Waals surface area contributed by atoms with Gasteiger partial charge in [-0.2, -0.15) is 31.6 Å². The number of nitrogens with one attached hydrogen (secondary N) is 1. The number of nitrogen functional groups attached to an aromatic ring is 1. The first-order valence-corrected chi connectivity index (χ1v) is 8.14. The molecule has 3 rings (SSSR count). The van der Waals surface area contributed by atoms with Gasteiger partial charge in [0.2, 0.25) is 0 Å². The SMILES string of the molecule is C=C(C#N)/C(C#N)=N\c1c(N)c2c(c3nc(C#N)c(C#N)nc13)NC(C#N)C(C#N)=N2. The van der Waals surface area contributed by atoms with E-state index in [1.807, 2.05) is 6.07 Å². The molecule has 0 spiro atoms. The fourth-order valence-electron chi connectivity index (χ4n) is 2.69. The summed E-state index contributed by atoms with van der Waals surface area (Å²) in [4.78, 5) is 16.4. The van der Waals surface area contributed by atoms with E-state index in [0.29, 0.717) is 0 Å². The molecule has 1 unspecified atom stereocenters. The molecule has 3 N–H and O–H groups in total. The lowest BCUT2D eigenvalue weighted by Crippen LogP contribution is -2.30. The van der Waals surface area contributed by atoms with Crippen molar-refractivity contribution in [2.75, 3.05) is 11.1 Å². The van der Waals surface area contributed by atoms with E-state index in [-0.39, 0.29) is 62.2 Å². The van der Waals surface area contributed by atoms with E-state index in [0.717, 1.165) is 0 Å². The Bertz CT molecular complexity index is 1500. The summed E-state index contributed by atoms with van der Waals surface area (Å²) in [5.41, 5.74) is 4.45. The minimum atomic E-state index is -1.12. The maximum absolute atomic E-state index is 9.34. The zero-order valence-electron chi connectivity index (χ0n) is 15.3. The Morgan fingerprint density at radius 2 is 1.61 bits per heavy atom. The summed E-state index contributed by atoms with van der Waals surface area (Å²) in [6, 6.07) is 9.45. The topological polar surface area (TPSA) is 231 Å². The van der Waals surface area contributed by atoms with Crippen LogP contribution in [-0.4, -0.2) is 27.4 Å². The Balaban J connectivity index is 2.56. The van der Waals surface area contributed by atoms with E-state index in [1.165, 1.54) is 0 Å². The van der Waals surface area contributed by atoms with Gasteiger partial charge in [0, 0.05) is 0 Å². The smallest absolute Gasteiger partial charge is 0.177 e. The van der Waals surface area contributed by atoms with Gasteiger partial charge in [-0.1, -0.05) is 6.58 Å². The first kappa shape index (κ1) is 19.9. The van der Waals surface area contributed by atoms with Crippen LogP contribution in [0, 0.1) is 68.0 Å². The number of benzene rings is 1. The van der Waals surface area contributed by atoms with Gasteiger partial charge in [0.05, 0.1) is 23.0 Å². The van der Waals surface area contributed by atoms with Crippen molar-refractivity contribution in [2.45, 2.75) is 6.04 Å². The maximum Gasteiger partial charge on any atom is 0.177 e. The molecule has 1 aliphatic heterocycles. The number of hydrogen-bond donors (Lipinski definition) is 2. The van der Waals surface area contributed by atoms with Crippen LogP contribution < -0.4 is 11.1 Å². The van der Waals surface area contributed by atoms with E-state index in [9.17, 15) is 26.3 Å². The molecule has 1 atom stereocenters. The highest BCUT2D eigenvalue weighted by Gasteiger charge is 2.30. The molecule has 2 aromatic rings. The van der Waals surface area contributed by atoms with Gasteiger partial charge in [-0.05, 0) is 0 Å². The van der Waals surface area contributed by atoms with Crippen LogP contribution in [0.15, 0.2) is 22.1 Å². The van der Waals surface area contributed by atoms with Crippen molar-refractivity contribution >= 4 is 45.2 Å². The van der Waals surface area contributed by atoms with Crippen LogP contribution in [0.2, 0.25) is 0 Å². The zero-order valence-corrected chi connectivity index (χ0v) is 15.3. The summed E-state index contributed by atoms with van der Waals surface area (Å²) in [5.74, 6) is 0. The maximum atomic E-state index is 9.34. The lowest BCUT2D eigenvalue weighted by atomic mass is 10.0. The van der Waals surface area contributed by atoms with Gasteiger partial charge in [-0.25, -0.2) is 20.0 Å². The third-order valence-corrected chi connectivity index (χ3v) is 4.10. The number of aliphatic imine (C=N–C) groups is 2. The largest absolute Gasteiger partial charge is 0.395 e. The lowest BCUT2D eigenvalue weighted by Gasteiger charge is -2.22. The lowest BCUT2D eigenvalue weighted by molar-refractivity contribution is 1.13. The second-order valence-corrected chi connectivity index (χ2v) is 5.81. The number of allylic oxidation sites excluding steroid dienone is 1. The molecule has 12 heteroatoms. The Morgan fingerprint density at radius 3 is 2.13 bits per heavy atom. The Labute approximate surface area is 174 Å². The number of aromatic nitrogens is 2. The zero-order chi connectivity index (χ0) is 22.7. The van der Waals surface area contributed by atoms with E-state index >= 15 is 0 Å². The summed E-state index contributed by atoms with van der Waals surface area (Å²) in [6.45, 7) is 3.44. The van der Waals surface area contributed by atoms with Gasteiger partial charge in [0.1, 0.15) is 52.8 Å². The minimum Gasteiger partial charge on any atom is -0.395 e. The number of fused-ring (bicyclic) bond motifs is 3. The van der Waals surface area contributed by atoms with Crippen LogP contribution in [0.1, 0.15) is 11.4 Å². The second kappa shape index (κ2) is 7.66. The number of hydrogen-bond acceptors (Lipinski definition) is 12. The van der Waals surface area contributed by atoms with Crippen molar-refractivity contribution in [2.24, 2.45) is 9.98 Å². The molecule has 0 saturated carbocycles. The van der Waals surface area contributed by atoms with Crippen LogP contribution in [0.25, 0.3) is 11.0 Å². The predicted molar refractivity (Wildman–Crippen MR) is 107 cm³/mol. The van der Waals surface area contributed by atoms with Gasteiger partial charge in [0.25, 0.3) is 0 Å². The van der Waals surface area contributed by atoms with Crippen LogP contribution in [0.4, 0.5) is 22.7 Å². The molecule has 0 fully saturated rings. The minimum absolute atomic E-state index is 0.0145. The highest BCUT2D eigenvalue weighted by Crippen LogP contribution is 2.47. The van der Waals surface area contributed by atoms with Crippen molar-refractivity contribution in [1.29, 1.82) is 31.6 Å². The highest BCUT2D eigenvalue weighted by atomic mass is 15.1. The molecule has 31 heavy (non-hydrogen) atoms. The van der Waals surface area contributed by atoms with Gasteiger partial charge in [-0.3, -0.25) is 0 Å². The van der Waals surface area contributed by atoms with Crippen molar-refractivity contribution < 1.29 is 0 Å². The number of rotatable bonds is 2. The fraction of sp³-hybridized carbons (Fsp3) is 0.0526. The van der Waals surface area contributed by atoms with Gasteiger partial charge in [-0.15, -0.1) is 0 Å². The summed E-state index contributed by atoms with van der Waals surface area (Å²) < 4.78 is 0. The molecule has 0 saturated heterocycles. The molecular weight excluding hydrogens is 396 g/mol. The summed E-state index contributed by atoms with van der Waals surface area (Å²) in [7, 11) is 0. The molecule has 142 valence electrons. The Kier molecular flexibility index (Phi) is 4.93. The number of anilines is 2. The van der Waals surface area contributed by atoms with Crippen LogP contribution in [-0.2, 0) is 0 Å². The molecule has 1 aliphatic rings.